The first-order valence-electron chi connectivity index (χ1n) is 11.2. The molecule has 10 heteroatoms. The highest BCUT2D eigenvalue weighted by molar-refractivity contribution is 5.99. The van der Waals surface area contributed by atoms with E-state index in [1.807, 2.05) is 47.6 Å². The lowest BCUT2D eigenvalue weighted by atomic mass is 9.84. The Morgan fingerprint density at radius 3 is 2.27 bits per heavy atom. The fourth-order valence-corrected chi connectivity index (χ4v) is 4.36. The molecule has 10 nitrogen and oxygen atoms in total. The van der Waals surface area contributed by atoms with Gasteiger partial charge >= 0.3 is 12.2 Å². The molecule has 182 valence electrons. The van der Waals surface area contributed by atoms with Gasteiger partial charge in [-0.1, -0.05) is 0 Å². The van der Waals surface area contributed by atoms with E-state index in [2.05, 4.69) is 5.10 Å². The number of hydrogen-bond donors (Lipinski definition) is 2. The molecule has 2 amide bonds. The molecule has 1 aromatic heterocycles. The van der Waals surface area contributed by atoms with Crippen LogP contribution >= 0.6 is 0 Å². The highest BCUT2D eigenvalue weighted by atomic mass is 16.6. The SMILES string of the molecule is Cc1nc2c(cc1/C(N)=N/N)CCC1(CCN(C(=O)OC(C)(C)C)C1)N2C(=O)OC(C)(C)C. The molecule has 4 N–H and O–H groups in total. The van der Waals surface area contributed by atoms with Gasteiger partial charge in [-0.2, -0.15) is 5.10 Å². The maximum absolute atomic E-state index is 13.5. The van der Waals surface area contributed by atoms with Crippen molar-refractivity contribution in [2.45, 2.75) is 84.5 Å². The Morgan fingerprint density at radius 1 is 1.09 bits per heavy atom. The van der Waals surface area contributed by atoms with E-state index in [1.165, 1.54) is 0 Å². The minimum atomic E-state index is -0.690. The molecular weight excluding hydrogens is 424 g/mol. The van der Waals surface area contributed by atoms with Gasteiger partial charge in [0.1, 0.15) is 17.0 Å². The summed E-state index contributed by atoms with van der Waals surface area (Å²) in [6.07, 6.45) is 1.02. The zero-order valence-corrected chi connectivity index (χ0v) is 20.7. The van der Waals surface area contributed by atoms with Crippen LogP contribution in [0.3, 0.4) is 0 Å². The molecule has 2 aliphatic heterocycles. The number of anilines is 1. The smallest absolute Gasteiger partial charge is 0.416 e. The van der Waals surface area contributed by atoms with Gasteiger partial charge in [0.15, 0.2) is 5.84 Å². The minimum absolute atomic E-state index is 0.184. The predicted molar refractivity (Wildman–Crippen MR) is 126 cm³/mol. The summed E-state index contributed by atoms with van der Waals surface area (Å²) in [7, 11) is 0. The number of amidine groups is 1. The molecule has 1 aromatic rings. The maximum Gasteiger partial charge on any atom is 0.416 e. The van der Waals surface area contributed by atoms with Gasteiger partial charge in [0.2, 0.25) is 0 Å². The van der Waals surface area contributed by atoms with Crippen molar-refractivity contribution < 1.29 is 19.1 Å². The van der Waals surface area contributed by atoms with Crippen molar-refractivity contribution in [1.29, 1.82) is 0 Å². The molecule has 2 aliphatic rings. The van der Waals surface area contributed by atoms with E-state index in [4.69, 9.17) is 26.0 Å². The number of aromatic nitrogens is 1. The number of hydrazone groups is 1. The first-order valence-corrected chi connectivity index (χ1v) is 11.2. The number of amides is 2. The third-order valence-corrected chi connectivity index (χ3v) is 5.79. The van der Waals surface area contributed by atoms with Crippen molar-refractivity contribution in [2.24, 2.45) is 16.7 Å². The summed E-state index contributed by atoms with van der Waals surface area (Å²) in [6, 6.07) is 1.88. The van der Waals surface area contributed by atoms with Crippen LogP contribution in [-0.4, -0.2) is 57.7 Å². The van der Waals surface area contributed by atoms with Crippen molar-refractivity contribution in [3.8, 4) is 0 Å². The molecule has 0 aliphatic carbocycles. The molecule has 1 atom stereocenters. The summed E-state index contributed by atoms with van der Waals surface area (Å²) in [5.41, 5.74) is 6.11. The molecule has 1 unspecified atom stereocenters. The number of ether oxygens (including phenoxy) is 2. The summed E-state index contributed by atoms with van der Waals surface area (Å²) in [6.45, 7) is 13.6. The normalized spacial score (nSPS) is 21.2. The average Bonchev–Trinajstić information content (AvgIpc) is 3.08. The molecule has 0 radical (unpaired) electrons. The van der Waals surface area contributed by atoms with Crippen LogP contribution in [0.25, 0.3) is 0 Å². The fraction of sp³-hybridized carbons (Fsp3) is 0.652. The van der Waals surface area contributed by atoms with Crippen LogP contribution in [0.4, 0.5) is 15.4 Å². The first kappa shape index (κ1) is 24.6. The second-order valence-electron chi connectivity index (χ2n) is 10.8. The zero-order chi connectivity index (χ0) is 24.8. The van der Waals surface area contributed by atoms with Gasteiger partial charge in [-0.05, 0) is 79.4 Å². The van der Waals surface area contributed by atoms with Crippen molar-refractivity contribution >= 4 is 23.8 Å². The standard InChI is InChI=1S/C23H36N6O4/c1-14-16(17(24)27-25)12-15-8-9-23(10-11-28(13-23)19(30)32-21(2,3)4)29(18(15)26-14)20(31)33-22(5,6)7/h12H,8-11,13,25H2,1-7H3,(H2,24,27). The van der Waals surface area contributed by atoms with Crippen LogP contribution in [0.5, 0.6) is 0 Å². The molecule has 1 spiro atoms. The second kappa shape index (κ2) is 8.39. The van der Waals surface area contributed by atoms with E-state index in [1.54, 1.807) is 16.7 Å². The second-order valence-corrected chi connectivity index (χ2v) is 10.8. The van der Waals surface area contributed by atoms with Crippen LogP contribution in [-0.2, 0) is 15.9 Å². The number of aryl methyl sites for hydroxylation is 2. The molecule has 0 aromatic carbocycles. The Morgan fingerprint density at radius 2 is 1.70 bits per heavy atom. The number of hydrogen-bond acceptors (Lipinski definition) is 7. The first-order chi connectivity index (χ1) is 15.2. The number of nitrogens with two attached hydrogens (primary N) is 2. The minimum Gasteiger partial charge on any atom is -0.444 e. The Hall–Kier alpha value is -3.04. The topological polar surface area (TPSA) is 136 Å². The van der Waals surface area contributed by atoms with Crippen LogP contribution in [0.2, 0.25) is 0 Å². The quantitative estimate of drug-likeness (QED) is 0.284. The predicted octanol–water partition coefficient (Wildman–Crippen LogP) is 3.04. The van der Waals surface area contributed by atoms with Crippen LogP contribution in [0, 0.1) is 6.92 Å². The largest absolute Gasteiger partial charge is 0.444 e. The Labute approximate surface area is 195 Å². The van der Waals surface area contributed by atoms with Gasteiger partial charge in [-0.25, -0.2) is 14.6 Å². The van der Waals surface area contributed by atoms with E-state index in [0.29, 0.717) is 49.4 Å². The summed E-state index contributed by atoms with van der Waals surface area (Å²) >= 11 is 0. The van der Waals surface area contributed by atoms with E-state index in [-0.39, 0.29) is 11.9 Å². The van der Waals surface area contributed by atoms with E-state index < -0.39 is 22.8 Å². The molecule has 1 fully saturated rings. The molecule has 33 heavy (non-hydrogen) atoms. The highest BCUT2D eigenvalue weighted by Crippen LogP contribution is 2.43. The van der Waals surface area contributed by atoms with Crippen molar-refractivity contribution in [2.75, 3.05) is 18.0 Å². The molecule has 3 rings (SSSR count). The summed E-state index contributed by atoms with van der Waals surface area (Å²) in [5, 5.41) is 3.59. The summed E-state index contributed by atoms with van der Waals surface area (Å²) in [5.74, 6) is 6.08. The number of pyridine rings is 1. The number of carbonyl (C=O) groups excluding carboxylic acids is 2. The fourth-order valence-electron chi connectivity index (χ4n) is 4.36. The van der Waals surface area contributed by atoms with Gasteiger partial charge < -0.3 is 25.9 Å². The Bertz CT molecular complexity index is 978. The number of rotatable bonds is 1. The molecular formula is C23H36N6O4. The van der Waals surface area contributed by atoms with Gasteiger partial charge in [0, 0.05) is 18.7 Å². The maximum atomic E-state index is 13.5. The lowest BCUT2D eigenvalue weighted by Crippen LogP contribution is -2.58. The summed E-state index contributed by atoms with van der Waals surface area (Å²) < 4.78 is 11.4. The third-order valence-electron chi connectivity index (χ3n) is 5.79. The average molecular weight is 461 g/mol. The van der Waals surface area contributed by atoms with Crippen LogP contribution < -0.4 is 16.5 Å². The zero-order valence-electron chi connectivity index (χ0n) is 20.7. The van der Waals surface area contributed by atoms with E-state index >= 15 is 0 Å². The lowest BCUT2D eigenvalue weighted by Gasteiger charge is -2.44. The van der Waals surface area contributed by atoms with E-state index in [0.717, 1.165) is 5.56 Å². The van der Waals surface area contributed by atoms with Gasteiger partial charge in [0.25, 0.3) is 0 Å². The third kappa shape index (κ3) is 5.15. The van der Waals surface area contributed by atoms with E-state index in [9.17, 15) is 9.59 Å². The number of likely N-dealkylation sites (tertiary alicyclic amines) is 1. The monoisotopic (exact) mass is 460 g/mol. The van der Waals surface area contributed by atoms with Crippen molar-refractivity contribution in [3.63, 3.8) is 0 Å². The van der Waals surface area contributed by atoms with Gasteiger partial charge in [-0.15, -0.1) is 0 Å². The lowest BCUT2D eigenvalue weighted by molar-refractivity contribution is 0.0272. The molecule has 0 saturated carbocycles. The van der Waals surface area contributed by atoms with Gasteiger partial charge in [-0.3, -0.25) is 4.90 Å². The highest BCUT2D eigenvalue weighted by Gasteiger charge is 2.52. The Kier molecular flexibility index (Phi) is 6.25. The van der Waals surface area contributed by atoms with Crippen molar-refractivity contribution in [3.05, 3.63) is 22.9 Å². The number of carbonyl (C=O) groups is 2. The van der Waals surface area contributed by atoms with Gasteiger partial charge in [0.05, 0.1) is 11.2 Å². The number of fused-ring (bicyclic) bond motifs is 1. The Balaban J connectivity index is 2.03. The van der Waals surface area contributed by atoms with Crippen LogP contribution in [0.1, 0.15) is 71.2 Å². The molecule has 3 heterocycles. The summed E-state index contributed by atoms with van der Waals surface area (Å²) in [4.78, 5) is 34.3. The molecule has 0 bridgehead atoms. The van der Waals surface area contributed by atoms with Crippen molar-refractivity contribution in [1.82, 2.24) is 9.88 Å². The molecule has 1 saturated heterocycles. The van der Waals surface area contributed by atoms with Crippen LogP contribution in [0.15, 0.2) is 11.2 Å². The number of nitrogens with zero attached hydrogens (tertiary/aromatic N) is 4.